The van der Waals surface area contributed by atoms with Gasteiger partial charge in [0.05, 0.1) is 0 Å². The Bertz CT molecular complexity index is 170. The van der Waals surface area contributed by atoms with Crippen molar-refractivity contribution in [3.8, 4) is 0 Å². The summed E-state index contributed by atoms with van der Waals surface area (Å²) in [5, 5.41) is 0. The Labute approximate surface area is 76.1 Å². The molecule has 0 aromatic heterocycles. The lowest BCUT2D eigenvalue weighted by atomic mass is 9.66. The number of hydrogen-bond donors (Lipinski definition) is 0. The van der Waals surface area contributed by atoms with Gasteiger partial charge in [0.1, 0.15) is 0 Å². The van der Waals surface area contributed by atoms with Gasteiger partial charge in [-0.25, -0.2) is 0 Å². The minimum absolute atomic E-state index is 0.995. The van der Waals surface area contributed by atoms with Gasteiger partial charge in [-0.2, -0.15) is 0 Å². The van der Waals surface area contributed by atoms with Crippen LogP contribution in [0.2, 0.25) is 0 Å². The van der Waals surface area contributed by atoms with E-state index in [1.165, 1.54) is 38.5 Å². The first kappa shape index (κ1) is 8.34. The van der Waals surface area contributed by atoms with Gasteiger partial charge in [0.25, 0.3) is 0 Å². The first-order valence-corrected chi connectivity index (χ1v) is 5.58. The molecule has 0 aromatic carbocycles. The summed E-state index contributed by atoms with van der Waals surface area (Å²) in [5.41, 5.74) is 3.69. The fourth-order valence-electron chi connectivity index (χ4n) is 3.35. The zero-order chi connectivity index (χ0) is 8.55. The molecule has 3 aliphatic carbocycles. The first-order valence-electron chi connectivity index (χ1n) is 5.58. The van der Waals surface area contributed by atoms with E-state index in [1.807, 2.05) is 11.1 Å². The molecule has 0 unspecified atom stereocenters. The van der Waals surface area contributed by atoms with Gasteiger partial charge in [0.2, 0.25) is 0 Å². The van der Waals surface area contributed by atoms with Gasteiger partial charge in [0.15, 0.2) is 0 Å². The molecule has 3 rings (SSSR count). The lowest BCUT2D eigenvalue weighted by Crippen LogP contribution is -2.26. The number of hydrogen-bond acceptors (Lipinski definition) is 0. The van der Waals surface area contributed by atoms with E-state index in [0.29, 0.717) is 0 Å². The quantitative estimate of drug-likeness (QED) is 0.543. The van der Waals surface area contributed by atoms with Gasteiger partial charge in [-0.05, 0) is 50.4 Å². The van der Waals surface area contributed by atoms with Crippen molar-refractivity contribution in [3.05, 3.63) is 11.1 Å². The van der Waals surface area contributed by atoms with Crippen LogP contribution in [-0.4, -0.2) is 0 Å². The smallest absolute Gasteiger partial charge is 0.0200 e. The number of allylic oxidation sites excluding steroid dienone is 2. The Morgan fingerprint density at radius 2 is 1.17 bits per heavy atom. The monoisotopic (exact) mass is 164 g/mol. The normalized spacial score (nSPS) is 34.5. The molecular formula is C12H20. The maximum atomic E-state index is 2.34. The zero-order valence-electron chi connectivity index (χ0n) is 8.40. The van der Waals surface area contributed by atoms with E-state index in [2.05, 4.69) is 13.8 Å². The summed E-state index contributed by atoms with van der Waals surface area (Å²) in [7, 11) is 0. The van der Waals surface area contributed by atoms with Crippen LogP contribution in [0.4, 0.5) is 0 Å². The highest BCUT2D eigenvalue weighted by Gasteiger charge is 2.32. The maximum Gasteiger partial charge on any atom is -0.0200 e. The van der Waals surface area contributed by atoms with Crippen molar-refractivity contribution in [2.24, 2.45) is 11.8 Å². The van der Waals surface area contributed by atoms with Crippen molar-refractivity contribution in [1.82, 2.24) is 0 Å². The summed E-state index contributed by atoms with van der Waals surface area (Å²) in [6.45, 7) is 4.68. The molecule has 0 heteroatoms. The molecule has 12 heavy (non-hydrogen) atoms. The van der Waals surface area contributed by atoms with Crippen LogP contribution in [0.15, 0.2) is 11.1 Å². The topological polar surface area (TPSA) is 0 Å². The number of fused-ring (bicyclic) bond motifs is 2. The van der Waals surface area contributed by atoms with Crippen molar-refractivity contribution >= 4 is 0 Å². The highest BCUT2D eigenvalue weighted by molar-refractivity contribution is 5.25. The van der Waals surface area contributed by atoms with E-state index in [1.54, 1.807) is 0 Å². The molecule has 2 bridgehead atoms. The third-order valence-electron chi connectivity index (χ3n) is 3.89. The summed E-state index contributed by atoms with van der Waals surface area (Å²) < 4.78 is 0. The van der Waals surface area contributed by atoms with Gasteiger partial charge < -0.3 is 0 Å². The first-order chi connectivity index (χ1) is 5.86. The summed E-state index contributed by atoms with van der Waals surface area (Å²) >= 11 is 0. The summed E-state index contributed by atoms with van der Waals surface area (Å²) in [6.07, 6.45) is 8.64. The molecule has 0 aromatic rings. The predicted octanol–water partition coefficient (Wildman–Crippen LogP) is 3.92. The van der Waals surface area contributed by atoms with Crippen molar-refractivity contribution in [2.75, 3.05) is 0 Å². The summed E-state index contributed by atoms with van der Waals surface area (Å²) in [4.78, 5) is 0. The van der Waals surface area contributed by atoms with Crippen molar-refractivity contribution in [3.63, 3.8) is 0 Å². The van der Waals surface area contributed by atoms with E-state index in [4.69, 9.17) is 0 Å². The molecule has 0 saturated heterocycles. The molecular weight excluding hydrogens is 144 g/mol. The Morgan fingerprint density at radius 1 is 0.833 bits per heavy atom. The summed E-state index contributed by atoms with van der Waals surface area (Å²) in [5.74, 6) is 1.99. The second kappa shape index (κ2) is 3.24. The van der Waals surface area contributed by atoms with Crippen LogP contribution in [-0.2, 0) is 0 Å². The molecule has 0 N–H and O–H groups in total. The second-order valence-corrected chi connectivity index (χ2v) is 4.31. The highest BCUT2D eigenvalue weighted by Crippen LogP contribution is 2.47. The van der Waals surface area contributed by atoms with Crippen LogP contribution < -0.4 is 0 Å². The molecule has 0 aliphatic heterocycles. The molecule has 0 heterocycles. The van der Waals surface area contributed by atoms with E-state index in [9.17, 15) is 0 Å². The third kappa shape index (κ3) is 1.12. The van der Waals surface area contributed by atoms with Crippen LogP contribution in [0.1, 0.15) is 52.4 Å². The lowest BCUT2D eigenvalue weighted by molar-refractivity contribution is 0.284. The van der Waals surface area contributed by atoms with Crippen molar-refractivity contribution < 1.29 is 0 Å². The van der Waals surface area contributed by atoms with Crippen LogP contribution in [0.5, 0.6) is 0 Å². The van der Waals surface area contributed by atoms with Crippen LogP contribution >= 0.6 is 0 Å². The maximum absolute atomic E-state index is 2.34. The van der Waals surface area contributed by atoms with Gasteiger partial charge in [0, 0.05) is 0 Å². The Morgan fingerprint density at radius 3 is 1.42 bits per heavy atom. The van der Waals surface area contributed by atoms with Crippen molar-refractivity contribution in [1.29, 1.82) is 0 Å². The molecule has 1 fully saturated rings. The third-order valence-corrected chi connectivity index (χ3v) is 3.89. The second-order valence-electron chi connectivity index (χ2n) is 4.31. The van der Waals surface area contributed by atoms with Gasteiger partial charge >= 0.3 is 0 Å². The molecule has 0 spiro atoms. The minimum Gasteiger partial charge on any atom is -0.0679 e. The SMILES string of the molecule is CCC1=C(CC)C2CCC1CC2. The predicted molar refractivity (Wildman–Crippen MR) is 53.1 cm³/mol. The average molecular weight is 164 g/mol. The van der Waals surface area contributed by atoms with E-state index in [-0.39, 0.29) is 0 Å². The van der Waals surface area contributed by atoms with E-state index in [0.717, 1.165) is 11.8 Å². The molecule has 0 nitrogen and oxygen atoms in total. The molecule has 0 amide bonds. The molecule has 3 aliphatic rings. The highest BCUT2D eigenvalue weighted by atomic mass is 14.4. The summed E-state index contributed by atoms with van der Waals surface area (Å²) in [6, 6.07) is 0. The van der Waals surface area contributed by atoms with Gasteiger partial charge in [-0.3, -0.25) is 0 Å². The Balaban J connectivity index is 2.31. The van der Waals surface area contributed by atoms with Crippen molar-refractivity contribution in [2.45, 2.75) is 52.4 Å². The minimum atomic E-state index is 0.995. The molecule has 0 radical (unpaired) electrons. The molecule has 0 atom stereocenters. The standard InChI is InChI=1S/C12H20/c1-3-11-9-5-7-10(8-6-9)12(11)4-2/h9-10H,3-8H2,1-2H3. The number of rotatable bonds is 2. The molecule has 1 saturated carbocycles. The molecule has 68 valence electrons. The Kier molecular flexibility index (Phi) is 2.25. The van der Waals surface area contributed by atoms with Gasteiger partial charge in [-0.1, -0.05) is 25.0 Å². The van der Waals surface area contributed by atoms with E-state index >= 15 is 0 Å². The largest absolute Gasteiger partial charge is 0.0679 e. The van der Waals surface area contributed by atoms with Crippen LogP contribution in [0, 0.1) is 11.8 Å². The van der Waals surface area contributed by atoms with E-state index < -0.39 is 0 Å². The van der Waals surface area contributed by atoms with Gasteiger partial charge in [-0.15, -0.1) is 0 Å². The fraction of sp³-hybridized carbons (Fsp3) is 0.833. The van der Waals surface area contributed by atoms with Crippen LogP contribution in [0.25, 0.3) is 0 Å². The Hall–Kier alpha value is -0.260. The lowest BCUT2D eigenvalue weighted by Gasteiger charge is -2.40. The fourth-order valence-corrected chi connectivity index (χ4v) is 3.35. The zero-order valence-corrected chi connectivity index (χ0v) is 8.40. The van der Waals surface area contributed by atoms with Crippen LogP contribution in [0.3, 0.4) is 0 Å². The average Bonchev–Trinajstić information content (AvgIpc) is 2.18.